The maximum absolute atomic E-state index is 13.3. The average molecular weight is 323 g/mol. The highest BCUT2D eigenvalue weighted by molar-refractivity contribution is 9.10. The lowest BCUT2D eigenvalue weighted by molar-refractivity contribution is 0.610. The normalized spacial score (nSPS) is 12.4. The van der Waals surface area contributed by atoms with Crippen molar-refractivity contribution in [2.24, 2.45) is 5.84 Å². The van der Waals surface area contributed by atoms with Crippen LogP contribution >= 0.6 is 15.9 Å². The number of hydrogen-bond acceptors (Lipinski definition) is 2. The minimum absolute atomic E-state index is 0.150. The molecule has 0 saturated heterocycles. The molecule has 0 fully saturated rings. The first kappa shape index (κ1) is 14.2. The molecule has 0 heterocycles. The molecule has 0 aliphatic heterocycles. The molecular formula is C15H16BrFN2. The summed E-state index contributed by atoms with van der Waals surface area (Å²) in [6.45, 7) is 2.12. The molecule has 2 aromatic carbocycles. The number of nitrogens with one attached hydrogen (secondary N) is 1. The van der Waals surface area contributed by atoms with Gasteiger partial charge in [-0.05, 0) is 51.2 Å². The number of aryl methyl sites for hydroxylation is 1. The molecule has 0 saturated carbocycles. The fourth-order valence-corrected chi connectivity index (χ4v) is 2.42. The van der Waals surface area contributed by atoms with E-state index in [4.69, 9.17) is 5.84 Å². The second-order valence-corrected chi connectivity index (χ2v) is 5.22. The van der Waals surface area contributed by atoms with Crippen LogP contribution in [-0.2, 0) is 6.42 Å². The molecule has 1 unspecified atom stereocenters. The summed E-state index contributed by atoms with van der Waals surface area (Å²) in [7, 11) is 0. The van der Waals surface area contributed by atoms with Crippen LogP contribution in [0.25, 0.3) is 0 Å². The summed E-state index contributed by atoms with van der Waals surface area (Å²) < 4.78 is 13.7. The van der Waals surface area contributed by atoms with Gasteiger partial charge in [0.25, 0.3) is 0 Å². The first-order chi connectivity index (χ1) is 9.15. The molecule has 0 radical (unpaired) electrons. The zero-order valence-electron chi connectivity index (χ0n) is 10.7. The SMILES string of the molecule is CCc1ccc(C(NN)c2ccc(F)c(Br)c2)cc1. The number of hydrogen-bond donors (Lipinski definition) is 2. The van der Waals surface area contributed by atoms with Gasteiger partial charge in [0.1, 0.15) is 5.82 Å². The van der Waals surface area contributed by atoms with Gasteiger partial charge in [0.2, 0.25) is 0 Å². The summed E-state index contributed by atoms with van der Waals surface area (Å²) in [5.74, 6) is 5.36. The third-order valence-corrected chi connectivity index (χ3v) is 3.77. The van der Waals surface area contributed by atoms with E-state index < -0.39 is 0 Å². The van der Waals surface area contributed by atoms with E-state index in [9.17, 15) is 4.39 Å². The summed E-state index contributed by atoms with van der Waals surface area (Å²) in [5, 5.41) is 0. The highest BCUT2D eigenvalue weighted by Gasteiger charge is 2.13. The largest absolute Gasteiger partial charge is 0.271 e. The topological polar surface area (TPSA) is 38.0 Å². The fraction of sp³-hybridized carbons (Fsp3) is 0.200. The molecule has 0 aliphatic rings. The summed E-state index contributed by atoms with van der Waals surface area (Å²) in [6, 6.07) is 13.0. The number of benzene rings is 2. The van der Waals surface area contributed by atoms with Crippen molar-refractivity contribution < 1.29 is 4.39 Å². The van der Waals surface area contributed by atoms with E-state index in [1.54, 1.807) is 12.1 Å². The maximum atomic E-state index is 13.3. The van der Waals surface area contributed by atoms with E-state index in [0.717, 1.165) is 17.5 Å². The van der Waals surface area contributed by atoms with Crippen LogP contribution < -0.4 is 11.3 Å². The summed E-state index contributed by atoms with van der Waals surface area (Å²) in [4.78, 5) is 0. The maximum Gasteiger partial charge on any atom is 0.137 e. The Morgan fingerprint density at radius 1 is 1.16 bits per heavy atom. The monoisotopic (exact) mass is 322 g/mol. The van der Waals surface area contributed by atoms with Crippen molar-refractivity contribution in [1.29, 1.82) is 0 Å². The Hall–Kier alpha value is -1.23. The smallest absolute Gasteiger partial charge is 0.137 e. The van der Waals surface area contributed by atoms with Gasteiger partial charge in [-0.2, -0.15) is 0 Å². The summed E-state index contributed by atoms with van der Waals surface area (Å²) >= 11 is 3.20. The van der Waals surface area contributed by atoms with Crippen molar-refractivity contribution in [2.75, 3.05) is 0 Å². The van der Waals surface area contributed by atoms with Gasteiger partial charge in [0, 0.05) is 0 Å². The summed E-state index contributed by atoms with van der Waals surface area (Å²) in [6.07, 6.45) is 1.00. The molecular weight excluding hydrogens is 307 g/mol. The van der Waals surface area contributed by atoms with Crippen LogP contribution in [0.3, 0.4) is 0 Å². The van der Waals surface area contributed by atoms with Gasteiger partial charge in [-0.1, -0.05) is 37.3 Å². The molecule has 1 atom stereocenters. The van der Waals surface area contributed by atoms with Crippen LogP contribution in [0, 0.1) is 5.82 Å². The van der Waals surface area contributed by atoms with Gasteiger partial charge in [-0.15, -0.1) is 0 Å². The predicted molar refractivity (Wildman–Crippen MR) is 79.1 cm³/mol. The van der Waals surface area contributed by atoms with E-state index in [0.29, 0.717) is 4.47 Å². The Balaban J connectivity index is 2.34. The summed E-state index contributed by atoms with van der Waals surface area (Å²) in [5.41, 5.74) is 6.02. The van der Waals surface area contributed by atoms with Crippen LogP contribution in [0.1, 0.15) is 29.7 Å². The van der Waals surface area contributed by atoms with E-state index in [1.165, 1.54) is 11.6 Å². The van der Waals surface area contributed by atoms with Gasteiger partial charge >= 0.3 is 0 Å². The van der Waals surface area contributed by atoms with E-state index in [-0.39, 0.29) is 11.9 Å². The molecule has 2 rings (SSSR count). The highest BCUT2D eigenvalue weighted by Crippen LogP contribution is 2.26. The Morgan fingerprint density at radius 2 is 1.79 bits per heavy atom. The fourth-order valence-electron chi connectivity index (χ4n) is 2.02. The first-order valence-corrected chi connectivity index (χ1v) is 6.95. The van der Waals surface area contributed by atoms with Crippen molar-refractivity contribution in [3.63, 3.8) is 0 Å². The first-order valence-electron chi connectivity index (χ1n) is 6.15. The number of rotatable bonds is 4. The van der Waals surface area contributed by atoms with Crippen molar-refractivity contribution in [3.05, 3.63) is 69.4 Å². The minimum Gasteiger partial charge on any atom is -0.271 e. The Bertz CT molecular complexity index is 555. The highest BCUT2D eigenvalue weighted by atomic mass is 79.9. The average Bonchev–Trinajstić information content (AvgIpc) is 2.44. The van der Waals surface area contributed by atoms with Crippen molar-refractivity contribution in [2.45, 2.75) is 19.4 Å². The Labute approximate surface area is 120 Å². The second-order valence-electron chi connectivity index (χ2n) is 4.37. The molecule has 4 heteroatoms. The third-order valence-electron chi connectivity index (χ3n) is 3.16. The van der Waals surface area contributed by atoms with Crippen molar-refractivity contribution >= 4 is 15.9 Å². The molecule has 0 aromatic heterocycles. The van der Waals surface area contributed by atoms with Crippen LogP contribution in [0.4, 0.5) is 4.39 Å². The molecule has 0 aliphatic carbocycles. The van der Waals surface area contributed by atoms with Crippen LogP contribution in [0.5, 0.6) is 0 Å². The number of halogens is 2. The lowest BCUT2D eigenvalue weighted by atomic mass is 9.98. The minimum atomic E-state index is -0.277. The standard InChI is InChI=1S/C15H16BrFN2/c1-2-10-3-5-11(6-4-10)15(19-18)12-7-8-14(17)13(16)9-12/h3-9,15,19H,2,18H2,1H3. The molecule has 0 bridgehead atoms. The molecule has 19 heavy (non-hydrogen) atoms. The van der Waals surface area contributed by atoms with Crippen molar-refractivity contribution in [3.8, 4) is 0 Å². The number of hydrazine groups is 1. The molecule has 0 spiro atoms. The second kappa shape index (κ2) is 6.28. The van der Waals surface area contributed by atoms with Gasteiger partial charge in [0.05, 0.1) is 10.5 Å². The quantitative estimate of drug-likeness (QED) is 0.665. The van der Waals surface area contributed by atoms with E-state index in [2.05, 4.69) is 40.4 Å². The van der Waals surface area contributed by atoms with Gasteiger partial charge in [0.15, 0.2) is 0 Å². The van der Waals surface area contributed by atoms with Gasteiger partial charge in [-0.3, -0.25) is 5.84 Å². The third kappa shape index (κ3) is 3.21. The molecule has 3 N–H and O–H groups in total. The Kier molecular flexibility index (Phi) is 4.69. The molecule has 2 nitrogen and oxygen atoms in total. The zero-order chi connectivity index (χ0) is 13.8. The van der Waals surface area contributed by atoms with Crippen LogP contribution in [-0.4, -0.2) is 0 Å². The van der Waals surface area contributed by atoms with Crippen molar-refractivity contribution in [1.82, 2.24) is 5.43 Å². The van der Waals surface area contributed by atoms with Crippen LogP contribution in [0.2, 0.25) is 0 Å². The Morgan fingerprint density at radius 3 is 2.32 bits per heavy atom. The molecule has 2 aromatic rings. The van der Waals surface area contributed by atoms with Crippen LogP contribution in [0.15, 0.2) is 46.9 Å². The lowest BCUT2D eigenvalue weighted by Crippen LogP contribution is -2.28. The predicted octanol–water partition coefficient (Wildman–Crippen LogP) is 3.70. The molecule has 0 amide bonds. The van der Waals surface area contributed by atoms with E-state index in [1.807, 2.05) is 12.1 Å². The van der Waals surface area contributed by atoms with Gasteiger partial charge in [-0.25, -0.2) is 9.82 Å². The lowest BCUT2D eigenvalue weighted by Gasteiger charge is -2.17. The molecule has 100 valence electrons. The zero-order valence-corrected chi connectivity index (χ0v) is 12.2. The number of nitrogens with two attached hydrogens (primary N) is 1. The van der Waals surface area contributed by atoms with Gasteiger partial charge < -0.3 is 0 Å². The van der Waals surface area contributed by atoms with E-state index >= 15 is 0 Å².